The van der Waals surface area contributed by atoms with Crippen molar-refractivity contribution in [2.24, 2.45) is 0 Å². The summed E-state index contributed by atoms with van der Waals surface area (Å²) in [6, 6.07) is 6.02. The highest BCUT2D eigenvalue weighted by Gasteiger charge is 2.36. The maximum atomic E-state index is 12.2. The number of esters is 2. The van der Waals surface area contributed by atoms with Crippen molar-refractivity contribution in [1.82, 2.24) is 0 Å². The summed E-state index contributed by atoms with van der Waals surface area (Å²) in [6.07, 6.45) is 0. The molecular weight excluding hydrogens is 264 g/mol. The predicted octanol–water partition coefficient (Wildman–Crippen LogP) is 1.40. The van der Waals surface area contributed by atoms with Gasteiger partial charge in [0, 0.05) is 25.0 Å². The highest BCUT2D eigenvalue weighted by Crippen LogP contribution is 2.27. The summed E-state index contributed by atoms with van der Waals surface area (Å²) in [7, 11) is 0. The molecule has 0 unspecified atom stereocenters. The molecule has 0 radical (unpaired) electrons. The third kappa shape index (κ3) is 2.35. The van der Waals surface area contributed by atoms with E-state index in [0.29, 0.717) is 0 Å². The largest absolute Gasteiger partial charge is 0.418 e. The first kappa shape index (κ1) is 13.7. The van der Waals surface area contributed by atoms with Gasteiger partial charge in [-0.2, -0.15) is 0 Å². The Morgan fingerprint density at radius 1 is 0.800 bits per heavy atom. The number of benzene rings is 1. The van der Waals surface area contributed by atoms with Crippen LogP contribution < -0.4 is 0 Å². The molecule has 0 saturated carbocycles. The Bertz CT molecular complexity index is 611. The van der Waals surface area contributed by atoms with E-state index >= 15 is 0 Å². The van der Waals surface area contributed by atoms with E-state index in [1.165, 1.54) is 12.1 Å². The maximum Gasteiger partial charge on any atom is 0.308 e. The van der Waals surface area contributed by atoms with Gasteiger partial charge in [0.1, 0.15) is 0 Å². The van der Waals surface area contributed by atoms with E-state index in [9.17, 15) is 19.2 Å². The number of rotatable bonds is 2. The highest BCUT2D eigenvalue weighted by atomic mass is 16.6. The van der Waals surface area contributed by atoms with Crippen LogP contribution >= 0.6 is 0 Å². The van der Waals surface area contributed by atoms with E-state index in [4.69, 9.17) is 9.47 Å². The minimum atomic E-state index is -0.787. The van der Waals surface area contributed by atoms with E-state index in [-0.39, 0.29) is 11.1 Å². The van der Waals surface area contributed by atoms with E-state index in [2.05, 4.69) is 0 Å². The van der Waals surface area contributed by atoms with Crippen molar-refractivity contribution in [1.29, 1.82) is 0 Å². The van der Waals surface area contributed by atoms with Gasteiger partial charge in [-0.15, -0.1) is 0 Å². The van der Waals surface area contributed by atoms with Gasteiger partial charge in [0.25, 0.3) is 0 Å². The van der Waals surface area contributed by atoms with Gasteiger partial charge < -0.3 is 9.47 Å². The lowest BCUT2D eigenvalue weighted by molar-refractivity contribution is -0.140. The van der Waals surface area contributed by atoms with E-state index in [1.807, 2.05) is 0 Å². The second-order valence-corrected chi connectivity index (χ2v) is 4.05. The predicted molar refractivity (Wildman–Crippen MR) is 65.7 cm³/mol. The van der Waals surface area contributed by atoms with Gasteiger partial charge >= 0.3 is 11.9 Å². The zero-order valence-electron chi connectivity index (χ0n) is 10.8. The molecule has 20 heavy (non-hydrogen) atoms. The minimum Gasteiger partial charge on any atom is -0.418 e. The molecule has 0 heterocycles. The van der Waals surface area contributed by atoms with Crippen LogP contribution in [-0.2, 0) is 19.1 Å². The molecule has 0 spiro atoms. The molecular formula is C14H10O6. The molecule has 0 N–H and O–H groups in total. The van der Waals surface area contributed by atoms with Crippen LogP contribution in [0.1, 0.15) is 34.6 Å². The molecule has 0 aromatic heterocycles. The van der Waals surface area contributed by atoms with Crippen molar-refractivity contribution in [3.8, 4) is 0 Å². The summed E-state index contributed by atoms with van der Waals surface area (Å²) in [4.78, 5) is 46.5. The third-order valence-corrected chi connectivity index (χ3v) is 2.53. The third-order valence-electron chi connectivity index (χ3n) is 2.53. The number of ketones is 2. The van der Waals surface area contributed by atoms with Crippen LogP contribution in [-0.4, -0.2) is 23.5 Å². The summed E-state index contributed by atoms with van der Waals surface area (Å²) in [5.41, 5.74) is 0.203. The normalized spacial score (nSPS) is 13.9. The van der Waals surface area contributed by atoms with Crippen molar-refractivity contribution in [2.45, 2.75) is 13.8 Å². The van der Waals surface area contributed by atoms with Gasteiger partial charge in [-0.25, -0.2) is 0 Å². The minimum absolute atomic E-state index is 0.102. The highest BCUT2D eigenvalue weighted by molar-refractivity contribution is 6.26. The Morgan fingerprint density at radius 2 is 1.15 bits per heavy atom. The van der Waals surface area contributed by atoms with Crippen LogP contribution in [0.3, 0.4) is 0 Å². The van der Waals surface area contributed by atoms with E-state index < -0.39 is 35.0 Å². The number of hydrogen-bond donors (Lipinski definition) is 0. The van der Waals surface area contributed by atoms with Gasteiger partial charge in [-0.1, -0.05) is 24.3 Å². The van der Waals surface area contributed by atoms with Crippen LogP contribution in [0.2, 0.25) is 0 Å². The first-order valence-corrected chi connectivity index (χ1v) is 5.71. The lowest BCUT2D eigenvalue weighted by Gasteiger charge is -2.18. The topological polar surface area (TPSA) is 86.7 Å². The molecule has 1 aromatic carbocycles. The van der Waals surface area contributed by atoms with Crippen LogP contribution in [0.4, 0.5) is 0 Å². The number of carbonyl (C=O) groups excluding carboxylic acids is 4. The fraction of sp³-hybridized carbons (Fsp3) is 0.143. The van der Waals surface area contributed by atoms with Crippen molar-refractivity contribution in [2.75, 3.05) is 0 Å². The van der Waals surface area contributed by atoms with E-state index in [0.717, 1.165) is 13.8 Å². The molecule has 0 fully saturated rings. The lowest BCUT2D eigenvalue weighted by Crippen LogP contribution is -2.26. The molecule has 2 rings (SSSR count). The molecule has 0 bridgehead atoms. The Kier molecular flexibility index (Phi) is 3.47. The van der Waals surface area contributed by atoms with Crippen LogP contribution in [0.15, 0.2) is 35.8 Å². The molecule has 6 heteroatoms. The van der Waals surface area contributed by atoms with Crippen molar-refractivity contribution < 1.29 is 28.7 Å². The smallest absolute Gasteiger partial charge is 0.308 e. The number of hydrogen-bond acceptors (Lipinski definition) is 6. The first-order valence-electron chi connectivity index (χ1n) is 5.71. The van der Waals surface area contributed by atoms with Gasteiger partial charge in [0.15, 0.2) is 0 Å². The fourth-order valence-corrected chi connectivity index (χ4v) is 1.80. The summed E-state index contributed by atoms with van der Waals surface area (Å²) >= 11 is 0. The van der Waals surface area contributed by atoms with Gasteiger partial charge in [-0.05, 0) is 0 Å². The van der Waals surface area contributed by atoms with E-state index in [1.54, 1.807) is 12.1 Å². The van der Waals surface area contributed by atoms with Crippen molar-refractivity contribution in [3.63, 3.8) is 0 Å². The Morgan fingerprint density at radius 3 is 1.45 bits per heavy atom. The molecule has 0 atom stereocenters. The standard InChI is InChI=1S/C14H10O6/c1-7(15)19-13-11(17)9-5-3-4-6-10(9)12(18)14(13)20-8(2)16/h3-6H,1-2H3. The zero-order chi connectivity index (χ0) is 14.9. The van der Waals surface area contributed by atoms with Crippen LogP contribution in [0, 0.1) is 0 Å². The zero-order valence-corrected chi connectivity index (χ0v) is 10.8. The Balaban J connectivity index is 2.61. The maximum absolute atomic E-state index is 12.2. The van der Waals surface area contributed by atoms with Gasteiger partial charge in [-0.3, -0.25) is 19.2 Å². The quantitative estimate of drug-likeness (QED) is 0.758. The second kappa shape index (κ2) is 5.08. The van der Waals surface area contributed by atoms with Crippen LogP contribution in [0.25, 0.3) is 0 Å². The molecule has 1 aromatic rings. The molecule has 0 amide bonds. The van der Waals surface area contributed by atoms with Crippen molar-refractivity contribution >= 4 is 23.5 Å². The number of allylic oxidation sites excluding steroid dienone is 2. The lowest BCUT2D eigenvalue weighted by atomic mass is 9.92. The molecule has 6 nitrogen and oxygen atoms in total. The number of fused-ring (bicyclic) bond motifs is 1. The average molecular weight is 274 g/mol. The molecule has 1 aliphatic carbocycles. The summed E-state index contributed by atoms with van der Waals surface area (Å²) in [5.74, 6) is -4.04. The van der Waals surface area contributed by atoms with Crippen molar-refractivity contribution in [3.05, 3.63) is 46.9 Å². The molecule has 102 valence electrons. The molecule has 0 saturated heterocycles. The Labute approximate surface area is 114 Å². The van der Waals surface area contributed by atoms with Crippen LogP contribution in [0.5, 0.6) is 0 Å². The first-order chi connectivity index (χ1) is 9.41. The summed E-state index contributed by atoms with van der Waals surface area (Å²) in [5, 5.41) is 0. The second-order valence-electron chi connectivity index (χ2n) is 4.05. The number of carbonyl (C=O) groups is 4. The molecule has 0 aliphatic heterocycles. The van der Waals surface area contributed by atoms with Gasteiger partial charge in [0.2, 0.25) is 23.1 Å². The summed E-state index contributed by atoms with van der Waals surface area (Å²) < 4.78 is 9.47. The Hall–Kier alpha value is -2.76. The number of Topliss-reactive ketones (excluding diaryl/α,β-unsaturated/α-hetero) is 2. The SMILES string of the molecule is CC(=O)OC1=C(OC(C)=O)C(=O)c2ccccc2C1=O. The fourth-order valence-electron chi connectivity index (χ4n) is 1.80. The summed E-state index contributed by atoms with van der Waals surface area (Å²) in [6.45, 7) is 2.16. The number of ether oxygens (including phenoxy) is 2. The average Bonchev–Trinajstić information content (AvgIpc) is 2.39. The monoisotopic (exact) mass is 274 g/mol. The van der Waals surface area contributed by atoms with Gasteiger partial charge in [0.05, 0.1) is 0 Å². The molecule has 1 aliphatic rings.